The van der Waals surface area contributed by atoms with Crippen LogP contribution < -0.4 is 9.80 Å². The molecule has 14 aromatic carbocycles. The van der Waals surface area contributed by atoms with Gasteiger partial charge in [-0.25, -0.2) is 0 Å². The zero-order valence-electron chi connectivity index (χ0n) is 52.8. The standard InChI is InChI=1S/C91H68N2/c1-7-61-35-43-67(44-36-61)90(65-39-31-59(3)32-40-65)81-27-15-13-25-75(81)79-53-49-71(57-85(79)90)92(87-29-17-21-63-19-9-11-23-73(63)87)69-47-51-77-78-52-48-70(56-84(78)89(5,6)83(77)55-69)93(88-30-18-22-64-20-10-12-24-74(64)88)72-50-54-80-76-26-14-16-28-82(76)91(86(80)58-72,66-41-33-60(4)34-42-66)68-45-37-62(8-2)38-46-68/h7-58H,1-2H2,3-6H3. The van der Waals surface area contributed by atoms with Gasteiger partial charge in [-0.2, -0.15) is 0 Å². The van der Waals surface area contributed by atoms with Crippen molar-refractivity contribution in [1.82, 2.24) is 0 Å². The zero-order valence-corrected chi connectivity index (χ0v) is 52.8. The van der Waals surface area contributed by atoms with E-state index in [2.05, 4.69) is 354 Å². The van der Waals surface area contributed by atoms with Crippen molar-refractivity contribution in [2.24, 2.45) is 0 Å². The molecule has 0 spiro atoms. The summed E-state index contributed by atoms with van der Waals surface area (Å²) in [5, 5.41) is 4.76. The first kappa shape index (κ1) is 55.7. The van der Waals surface area contributed by atoms with Crippen LogP contribution in [0.25, 0.3) is 67.1 Å². The van der Waals surface area contributed by atoms with Gasteiger partial charge in [-0.3, -0.25) is 0 Å². The molecule has 0 fully saturated rings. The maximum atomic E-state index is 4.14. The van der Waals surface area contributed by atoms with Gasteiger partial charge in [0.2, 0.25) is 0 Å². The molecular formula is C91H68N2. The van der Waals surface area contributed by atoms with E-state index in [4.69, 9.17) is 0 Å². The summed E-state index contributed by atoms with van der Waals surface area (Å²) in [7, 11) is 0. The van der Waals surface area contributed by atoms with Crippen LogP contribution in [0.2, 0.25) is 0 Å². The lowest BCUT2D eigenvalue weighted by Gasteiger charge is -2.35. The second kappa shape index (κ2) is 21.4. The monoisotopic (exact) mass is 1190 g/mol. The number of fused-ring (bicyclic) bond motifs is 11. The Morgan fingerprint density at radius 1 is 0.280 bits per heavy atom. The van der Waals surface area contributed by atoms with Gasteiger partial charge in [-0.05, 0) is 185 Å². The summed E-state index contributed by atoms with van der Waals surface area (Å²) in [5.41, 5.74) is 29.8. The topological polar surface area (TPSA) is 6.48 Å². The molecule has 17 rings (SSSR count). The Bertz CT molecular complexity index is 5010. The molecule has 14 aromatic rings. The predicted octanol–water partition coefficient (Wildman–Crippen LogP) is 23.9. The van der Waals surface area contributed by atoms with Crippen LogP contribution >= 0.6 is 0 Å². The summed E-state index contributed by atoms with van der Waals surface area (Å²) in [5.74, 6) is 0. The summed E-state index contributed by atoms with van der Waals surface area (Å²) in [6, 6.07) is 115. The Morgan fingerprint density at radius 3 is 0.957 bits per heavy atom. The Morgan fingerprint density at radius 2 is 0.581 bits per heavy atom. The van der Waals surface area contributed by atoms with E-state index < -0.39 is 16.2 Å². The summed E-state index contributed by atoms with van der Waals surface area (Å²) in [4.78, 5) is 5.05. The van der Waals surface area contributed by atoms with E-state index in [0.29, 0.717) is 0 Å². The molecule has 3 aliphatic carbocycles. The second-order valence-electron chi connectivity index (χ2n) is 26.2. The van der Waals surface area contributed by atoms with Crippen molar-refractivity contribution in [2.45, 2.75) is 43.9 Å². The SMILES string of the molecule is C=Cc1ccc(C2(c3ccc(C)cc3)c3ccccc3-c3ccc(N(c4ccc5c(c4)C(C)(C)c4cc(N(c6ccc7c(c6)C(c6ccc(C)cc6)(c6ccc(C=C)cc6)c6ccccc6-7)c6cccc7ccccc67)ccc4-5)c4cccc5ccccc45)cc32)cc1. The largest absolute Gasteiger partial charge is 0.310 e. The molecule has 0 aromatic heterocycles. The third kappa shape index (κ3) is 8.34. The van der Waals surface area contributed by atoms with Gasteiger partial charge in [0.15, 0.2) is 0 Å². The molecule has 0 saturated carbocycles. The van der Waals surface area contributed by atoms with Crippen molar-refractivity contribution >= 4 is 67.8 Å². The van der Waals surface area contributed by atoms with E-state index in [1.165, 1.54) is 122 Å². The van der Waals surface area contributed by atoms with Crippen molar-refractivity contribution in [3.05, 3.63) is 394 Å². The summed E-state index contributed by atoms with van der Waals surface area (Å²) < 4.78 is 0. The van der Waals surface area contributed by atoms with Crippen LogP contribution in [0.4, 0.5) is 34.1 Å². The number of benzene rings is 14. The van der Waals surface area contributed by atoms with Gasteiger partial charge in [0.05, 0.1) is 22.2 Å². The fourth-order valence-corrected chi connectivity index (χ4v) is 16.4. The molecule has 0 N–H and O–H groups in total. The third-order valence-electron chi connectivity index (χ3n) is 20.9. The van der Waals surface area contributed by atoms with E-state index in [0.717, 1.165) is 45.3 Å². The summed E-state index contributed by atoms with van der Waals surface area (Å²) in [6.45, 7) is 17.5. The van der Waals surface area contributed by atoms with E-state index in [9.17, 15) is 0 Å². The van der Waals surface area contributed by atoms with Crippen molar-refractivity contribution in [2.75, 3.05) is 9.80 Å². The maximum Gasteiger partial charge on any atom is 0.0714 e. The molecule has 2 unspecified atom stereocenters. The van der Waals surface area contributed by atoms with Crippen molar-refractivity contribution in [3.8, 4) is 33.4 Å². The highest BCUT2D eigenvalue weighted by Gasteiger charge is 2.48. The second-order valence-corrected chi connectivity index (χ2v) is 26.2. The Balaban J connectivity index is 0.841. The van der Waals surface area contributed by atoms with Gasteiger partial charge in [0.1, 0.15) is 0 Å². The number of nitrogens with zero attached hydrogens (tertiary/aromatic N) is 2. The lowest BCUT2D eigenvalue weighted by molar-refractivity contribution is 0.660. The molecule has 0 amide bonds. The van der Waals surface area contributed by atoms with Gasteiger partial charge in [-0.1, -0.05) is 293 Å². The first-order valence-corrected chi connectivity index (χ1v) is 32.5. The first-order valence-electron chi connectivity index (χ1n) is 32.5. The number of aryl methyl sites for hydroxylation is 2. The highest BCUT2D eigenvalue weighted by atomic mass is 15.2. The minimum absolute atomic E-state index is 0.402. The molecule has 442 valence electrons. The average molecular weight is 1190 g/mol. The molecule has 2 nitrogen and oxygen atoms in total. The van der Waals surface area contributed by atoms with Crippen molar-refractivity contribution < 1.29 is 0 Å². The van der Waals surface area contributed by atoms with E-state index in [1.807, 2.05) is 12.2 Å². The van der Waals surface area contributed by atoms with E-state index in [1.54, 1.807) is 0 Å². The molecule has 2 atom stereocenters. The Kier molecular flexibility index (Phi) is 12.8. The van der Waals surface area contributed by atoms with Gasteiger partial charge in [0.25, 0.3) is 0 Å². The number of anilines is 6. The number of rotatable bonds is 12. The summed E-state index contributed by atoms with van der Waals surface area (Å²) >= 11 is 0. The zero-order chi connectivity index (χ0) is 62.7. The number of hydrogen-bond donors (Lipinski definition) is 0. The Labute approximate surface area is 546 Å². The normalized spacial score (nSPS) is 16.0. The molecule has 0 radical (unpaired) electrons. The van der Waals surface area contributed by atoms with Crippen molar-refractivity contribution in [1.29, 1.82) is 0 Å². The van der Waals surface area contributed by atoms with Crippen LogP contribution in [0.15, 0.2) is 316 Å². The molecule has 93 heavy (non-hydrogen) atoms. The fourth-order valence-electron chi connectivity index (χ4n) is 16.4. The summed E-state index contributed by atoms with van der Waals surface area (Å²) in [6.07, 6.45) is 3.87. The average Bonchev–Trinajstić information content (AvgIpc) is 1.57. The minimum Gasteiger partial charge on any atom is -0.310 e. The van der Waals surface area contributed by atoms with Crippen LogP contribution in [-0.4, -0.2) is 0 Å². The fraction of sp³-hybridized carbons (Fsp3) is 0.0769. The van der Waals surface area contributed by atoms with Gasteiger partial charge < -0.3 is 9.80 Å². The number of hydrogen-bond acceptors (Lipinski definition) is 2. The van der Waals surface area contributed by atoms with Crippen molar-refractivity contribution in [3.63, 3.8) is 0 Å². The van der Waals surface area contributed by atoms with Crippen LogP contribution in [0, 0.1) is 13.8 Å². The molecular weight excluding hydrogens is 1120 g/mol. The van der Waals surface area contributed by atoms with Crippen LogP contribution in [-0.2, 0) is 16.2 Å². The van der Waals surface area contributed by atoms with Gasteiger partial charge >= 0.3 is 0 Å². The van der Waals surface area contributed by atoms with E-state index >= 15 is 0 Å². The molecule has 2 heteroatoms. The molecule has 0 aliphatic heterocycles. The molecule has 0 bridgehead atoms. The van der Waals surface area contributed by atoms with E-state index in [-0.39, 0.29) is 0 Å². The van der Waals surface area contributed by atoms with Gasteiger partial charge in [0, 0.05) is 38.9 Å². The highest BCUT2D eigenvalue weighted by molar-refractivity contribution is 6.03. The first-order chi connectivity index (χ1) is 45.6. The predicted molar refractivity (Wildman–Crippen MR) is 393 cm³/mol. The van der Waals surface area contributed by atoms with Crippen LogP contribution in [0.1, 0.15) is 91.7 Å². The molecule has 0 heterocycles. The van der Waals surface area contributed by atoms with Crippen LogP contribution in [0.3, 0.4) is 0 Å². The minimum atomic E-state index is -0.605. The quantitative estimate of drug-likeness (QED) is 0.120. The Hall–Kier alpha value is -11.3. The highest BCUT2D eigenvalue weighted by Crippen LogP contribution is 2.61. The molecule has 3 aliphatic rings. The maximum absolute atomic E-state index is 4.14. The molecule has 0 saturated heterocycles. The van der Waals surface area contributed by atoms with Crippen LogP contribution in [0.5, 0.6) is 0 Å². The third-order valence-corrected chi connectivity index (χ3v) is 20.9. The lowest BCUT2D eigenvalue weighted by Crippen LogP contribution is -2.29. The smallest absolute Gasteiger partial charge is 0.0714 e. The lowest BCUT2D eigenvalue weighted by atomic mass is 9.67. The van der Waals surface area contributed by atoms with Gasteiger partial charge in [-0.15, -0.1) is 0 Å².